The van der Waals surface area contributed by atoms with Gasteiger partial charge in [0.2, 0.25) is 0 Å². The Bertz CT molecular complexity index is 526. The number of hydrogen-bond acceptors (Lipinski definition) is 4. The maximum atomic E-state index is 6.03. The minimum absolute atomic E-state index is 0. The summed E-state index contributed by atoms with van der Waals surface area (Å²) in [6.07, 6.45) is 10.6. The molecule has 1 heterocycles. The number of aromatic nitrogens is 1. The first-order valence-electron chi connectivity index (χ1n) is 10.2. The Balaban J connectivity index is 0.00000364. The molecule has 0 atom stereocenters. The zero-order chi connectivity index (χ0) is 18.6. The van der Waals surface area contributed by atoms with Gasteiger partial charge in [-0.3, -0.25) is 4.99 Å². The van der Waals surface area contributed by atoms with Crippen LogP contribution >= 0.6 is 24.0 Å². The number of guanidine groups is 1. The van der Waals surface area contributed by atoms with Gasteiger partial charge >= 0.3 is 0 Å². The van der Waals surface area contributed by atoms with Crippen LogP contribution in [-0.4, -0.2) is 37.4 Å². The van der Waals surface area contributed by atoms with Crippen molar-refractivity contribution >= 4 is 29.9 Å². The first-order valence-corrected chi connectivity index (χ1v) is 10.2. The van der Waals surface area contributed by atoms with E-state index in [2.05, 4.69) is 34.6 Å². The number of rotatable bonds is 9. The minimum atomic E-state index is 0. The molecule has 1 aromatic rings. The van der Waals surface area contributed by atoms with Crippen LogP contribution in [-0.2, 0) is 11.3 Å². The van der Waals surface area contributed by atoms with Crippen LogP contribution < -0.4 is 10.6 Å². The van der Waals surface area contributed by atoms with Crippen LogP contribution in [0, 0.1) is 0 Å². The Morgan fingerprint density at radius 2 is 1.96 bits per heavy atom. The molecule has 1 aliphatic rings. The largest absolute Gasteiger partial charge is 0.378 e. The first kappa shape index (κ1) is 24.2. The lowest BCUT2D eigenvalue weighted by Gasteiger charge is -2.15. The maximum Gasteiger partial charge on any atom is 0.191 e. The van der Waals surface area contributed by atoms with E-state index in [1.54, 1.807) is 7.05 Å². The quantitative estimate of drug-likeness (QED) is 0.173. The second-order valence-corrected chi connectivity index (χ2v) is 7.42. The molecule has 6 nitrogen and oxygen atoms in total. The molecule has 1 aromatic heterocycles. The minimum Gasteiger partial charge on any atom is -0.378 e. The molecule has 1 fully saturated rings. The predicted molar refractivity (Wildman–Crippen MR) is 121 cm³/mol. The summed E-state index contributed by atoms with van der Waals surface area (Å²) in [6, 6.07) is 2.00. The molecule has 0 aromatic carbocycles. The normalized spacial score (nSPS) is 16.1. The van der Waals surface area contributed by atoms with Crippen LogP contribution in [0.4, 0.5) is 0 Å². The van der Waals surface area contributed by atoms with Gasteiger partial charge in [-0.2, -0.15) is 0 Å². The number of nitrogens with zero attached hydrogens (tertiary/aromatic N) is 2. The fraction of sp³-hybridized carbons (Fsp3) is 0.800. The van der Waals surface area contributed by atoms with Crippen molar-refractivity contribution in [2.75, 3.05) is 20.2 Å². The second kappa shape index (κ2) is 14.2. The Morgan fingerprint density at radius 3 is 2.59 bits per heavy atom. The Kier molecular flexibility index (Phi) is 12.7. The van der Waals surface area contributed by atoms with Crippen molar-refractivity contribution in [3.05, 3.63) is 17.5 Å². The van der Waals surface area contributed by atoms with E-state index in [1.807, 2.05) is 6.07 Å². The highest BCUT2D eigenvalue weighted by molar-refractivity contribution is 14.0. The summed E-state index contributed by atoms with van der Waals surface area (Å²) < 4.78 is 11.4. The van der Waals surface area contributed by atoms with Gasteiger partial charge in [-0.15, -0.1) is 24.0 Å². The van der Waals surface area contributed by atoms with Gasteiger partial charge in [-0.1, -0.05) is 44.7 Å². The number of hydrogen-bond donors (Lipinski definition) is 2. The molecule has 1 aliphatic carbocycles. The highest BCUT2D eigenvalue weighted by Crippen LogP contribution is 2.19. The summed E-state index contributed by atoms with van der Waals surface area (Å²) >= 11 is 0. The van der Waals surface area contributed by atoms with Gasteiger partial charge in [0.25, 0.3) is 0 Å². The van der Waals surface area contributed by atoms with Gasteiger partial charge < -0.3 is 19.9 Å². The van der Waals surface area contributed by atoms with E-state index in [1.165, 1.54) is 38.5 Å². The van der Waals surface area contributed by atoms with Crippen LogP contribution in [0.2, 0.25) is 0 Å². The highest BCUT2D eigenvalue weighted by atomic mass is 127. The van der Waals surface area contributed by atoms with E-state index >= 15 is 0 Å². The van der Waals surface area contributed by atoms with Crippen LogP contribution in [0.5, 0.6) is 0 Å². The Labute approximate surface area is 181 Å². The zero-order valence-electron chi connectivity index (χ0n) is 17.1. The van der Waals surface area contributed by atoms with Crippen LogP contribution in [0.15, 0.2) is 15.6 Å². The molecule has 27 heavy (non-hydrogen) atoms. The lowest BCUT2D eigenvalue weighted by Crippen LogP contribution is -2.37. The molecule has 7 heteroatoms. The molecule has 0 amide bonds. The molecule has 0 radical (unpaired) electrons. The molecule has 156 valence electrons. The van der Waals surface area contributed by atoms with E-state index in [9.17, 15) is 0 Å². The SMILES string of the molecule is CN=C(NCCCCOC1CCCCCC1)NCc1cc(C(C)C)no1.I. The molecule has 0 spiro atoms. The number of nitrogens with one attached hydrogen (secondary N) is 2. The summed E-state index contributed by atoms with van der Waals surface area (Å²) in [4.78, 5) is 4.25. The monoisotopic (exact) mass is 492 g/mol. The summed E-state index contributed by atoms with van der Waals surface area (Å²) in [5.74, 6) is 2.00. The average Bonchev–Trinajstić information content (AvgIpc) is 2.97. The van der Waals surface area contributed by atoms with E-state index in [0.717, 1.165) is 43.4 Å². The van der Waals surface area contributed by atoms with Crippen LogP contribution in [0.25, 0.3) is 0 Å². The average molecular weight is 492 g/mol. The van der Waals surface area contributed by atoms with Crippen molar-refractivity contribution in [2.24, 2.45) is 4.99 Å². The van der Waals surface area contributed by atoms with Crippen LogP contribution in [0.3, 0.4) is 0 Å². The van der Waals surface area contributed by atoms with E-state index < -0.39 is 0 Å². The summed E-state index contributed by atoms with van der Waals surface area (Å²) in [6.45, 7) is 6.56. The van der Waals surface area contributed by atoms with Crippen LogP contribution in [0.1, 0.15) is 82.6 Å². The highest BCUT2D eigenvalue weighted by Gasteiger charge is 2.12. The summed E-state index contributed by atoms with van der Waals surface area (Å²) in [5.41, 5.74) is 0.985. The van der Waals surface area contributed by atoms with Gasteiger partial charge in [0.1, 0.15) is 0 Å². The fourth-order valence-electron chi connectivity index (χ4n) is 3.17. The number of aliphatic imine (C=N–C) groups is 1. The molecular weight excluding hydrogens is 455 g/mol. The molecule has 0 aliphatic heterocycles. The predicted octanol–water partition coefficient (Wildman–Crippen LogP) is 4.60. The van der Waals surface area contributed by atoms with Gasteiger partial charge in [0.05, 0.1) is 18.3 Å². The van der Waals surface area contributed by atoms with Gasteiger partial charge in [-0.25, -0.2) is 0 Å². The van der Waals surface area contributed by atoms with Gasteiger partial charge in [0.15, 0.2) is 11.7 Å². The third-order valence-electron chi connectivity index (χ3n) is 4.84. The van der Waals surface area contributed by atoms with E-state index in [0.29, 0.717) is 18.6 Å². The topological polar surface area (TPSA) is 71.7 Å². The maximum absolute atomic E-state index is 6.03. The molecule has 0 bridgehead atoms. The fourth-order valence-corrected chi connectivity index (χ4v) is 3.17. The third-order valence-corrected chi connectivity index (χ3v) is 4.84. The van der Waals surface area contributed by atoms with Crippen molar-refractivity contribution in [1.29, 1.82) is 0 Å². The van der Waals surface area contributed by atoms with Gasteiger partial charge in [0, 0.05) is 26.3 Å². The Hall–Kier alpha value is -0.830. The molecular formula is C20H37IN4O2. The van der Waals surface area contributed by atoms with Crippen molar-refractivity contribution in [1.82, 2.24) is 15.8 Å². The first-order chi connectivity index (χ1) is 12.7. The van der Waals surface area contributed by atoms with E-state index in [-0.39, 0.29) is 24.0 Å². The molecule has 0 saturated heterocycles. The van der Waals surface area contributed by atoms with E-state index in [4.69, 9.17) is 9.26 Å². The molecule has 1 saturated carbocycles. The summed E-state index contributed by atoms with van der Waals surface area (Å²) in [7, 11) is 1.78. The second-order valence-electron chi connectivity index (χ2n) is 7.42. The zero-order valence-corrected chi connectivity index (χ0v) is 19.5. The lowest BCUT2D eigenvalue weighted by atomic mass is 10.1. The molecule has 0 unspecified atom stereocenters. The summed E-state index contributed by atoms with van der Waals surface area (Å²) in [5, 5.41) is 10.7. The lowest BCUT2D eigenvalue weighted by molar-refractivity contribution is 0.0411. The smallest absolute Gasteiger partial charge is 0.191 e. The number of ether oxygens (including phenoxy) is 1. The van der Waals surface area contributed by atoms with Crippen molar-refractivity contribution in [3.8, 4) is 0 Å². The standard InChI is InChI=1S/C20H36N4O2.HI/c1-16(2)19-14-18(26-24-19)15-23-20(21-3)22-12-8-9-13-25-17-10-6-4-5-7-11-17;/h14,16-17H,4-13,15H2,1-3H3,(H2,21,22,23);1H. The molecule has 2 N–H and O–H groups in total. The van der Waals surface area contributed by atoms with Crippen molar-refractivity contribution in [3.63, 3.8) is 0 Å². The third kappa shape index (κ3) is 9.78. The number of unbranched alkanes of at least 4 members (excludes halogenated alkanes) is 1. The Morgan fingerprint density at radius 1 is 1.22 bits per heavy atom. The van der Waals surface area contributed by atoms with Crippen molar-refractivity contribution < 1.29 is 9.26 Å². The van der Waals surface area contributed by atoms with Crippen molar-refractivity contribution in [2.45, 2.75) is 83.8 Å². The molecule has 2 rings (SSSR count). The number of halogens is 1. The van der Waals surface area contributed by atoms with Gasteiger partial charge in [-0.05, 0) is 31.6 Å².